The molecule has 0 N–H and O–H groups in total. The molecule has 0 amide bonds. The van der Waals surface area contributed by atoms with Crippen LogP contribution in [-0.4, -0.2) is 5.66 Å². The van der Waals surface area contributed by atoms with Crippen LogP contribution < -0.4 is 10.6 Å². The molecule has 0 fully saturated rings. The van der Waals surface area contributed by atoms with E-state index < -0.39 is 0 Å². The van der Waals surface area contributed by atoms with Crippen molar-refractivity contribution in [1.29, 1.82) is 0 Å². The molecule has 18 heavy (non-hydrogen) atoms. The van der Waals surface area contributed by atoms with Crippen molar-refractivity contribution in [2.45, 2.75) is 18.5 Å². The fourth-order valence-electron chi connectivity index (χ4n) is 2.54. The third-order valence-electron chi connectivity index (χ3n) is 3.39. The molecule has 1 aliphatic rings. The SMILES string of the molecule is C1=CC(P(c2ccccc2)c2ccccc2)CC1. The molecule has 1 unspecified atom stereocenters. The highest BCUT2D eigenvalue weighted by Gasteiger charge is 2.23. The minimum atomic E-state index is -0.239. The van der Waals surface area contributed by atoms with Crippen molar-refractivity contribution in [3.63, 3.8) is 0 Å². The lowest BCUT2D eigenvalue weighted by Gasteiger charge is -2.24. The number of allylic oxidation sites excluding steroid dienone is 2. The van der Waals surface area contributed by atoms with Crippen molar-refractivity contribution in [3.05, 3.63) is 72.8 Å². The summed E-state index contributed by atoms with van der Waals surface area (Å²) in [7, 11) is -0.239. The van der Waals surface area contributed by atoms with E-state index >= 15 is 0 Å². The Hall–Kier alpha value is -1.39. The van der Waals surface area contributed by atoms with Crippen molar-refractivity contribution in [2.75, 3.05) is 0 Å². The first-order chi connectivity index (χ1) is 8.95. The van der Waals surface area contributed by atoms with Gasteiger partial charge in [-0.2, -0.15) is 0 Å². The van der Waals surface area contributed by atoms with Crippen LogP contribution in [0.5, 0.6) is 0 Å². The van der Waals surface area contributed by atoms with Gasteiger partial charge in [0.25, 0.3) is 0 Å². The summed E-state index contributed by atoms with van der Waals surface area (Å²) < 4.78 is 0. The molecule has 0 saturated carbocycles. The number of benzene rings is 2. The van der Waals surface area contributed by atoms with Gasteiger partial charge in [0.2, 0.25) is 0 Å². The van der Waals surface area contributed by atoms with Gasteiger partial charge in [-0.25, -0.2) is 0 Å². The van der Waals surface area contributed by atoms with Crippen LogP contribution in [0.4, 0.5) is 0 Å². The fraction of sp³-hybridized carbons (Fsp3) is 0.176. The molecule has 0 heterocycles. The zero-order valence-electron chi connectivity index (χ0n) is 10.4. The van der Waals surface area contributed by atoms with Gasteiger partial charge in [-0.05, 0) is 31.4 Å². The summed E-state index contributed by atoms with van der Waals surface area (Å²) in [5.74, 6) is 0. The molecule has 1 heteroatoms. The Bertz CT molecular complexity index is 476. The average Bonchev–Trinajstić information content (AvgIpc) is 2.95. The van der Waals surface area contributed by atoms with E-state index in [9.17, 15) is 0 Å². The van der Waals surface area contributed by atoms with Gasteiger partial charge in [0, 0.05) is 5.66 Å². The zero-order valence-corrected chi connectivity index (χ0v) is 11.3. The summed E-state index contributed by atoms with van der Waals surface area (Å²) in [6, 6.07) is 22.0. The third kappa shape index (κ3) is 2.40. The number of hydrogen-bond acceptors (Lipinski definition) is 0. The van der Waals surface area contributed by atoms with E-state index in [0.717, 1.165) is 0 Å². The third-order valence-corrected chi connectivity index (χ3v) is 6.19. The average molecular weight is 252 g/mol. The molecule has 0 spiro atoms. The molecule has 2 aromatic carbocycles. The highest BCUT2D eigenvalue weighted by Crippen LogP contribution is 2.44. The Morgan fingerprint density at radius 3 is 1.78 bits per heavy atom. The van der Waals surface area contributed by atoms with Gasteiger partial charge >= 0.3 is 0 Å². The van der Waals surface area contributed by atoms with E-state index in [4.69, 9.17) is 0 Å². The van der Waals surface area contributed by atoms with Crippen LogP contribution in [0, 0.1) is 0 Å². The van der Waals surface area contributed by atoms with Gasteiger partial charge in [-0.1, -0.05) is 72.8 Å². The second-order valence-electron chi connectivity index (χ2n) is 4.61. The first kappa shape index (κ1) is 11.7. The molecule has 0 saturated heterocycles. The van der Waals surface area contributed by atoms with Crippen LogP contribution in [0.15, 0.2) is 72.8 Å². The first-order valence-electron chi connectivity index (χ1n) is 6.51. The fourth-order valence-corrected chi connectivity index (χ4v) is 5.29. The maximum atomic E-state index is 2.42. The van der Waals surface area contributed by atoms with Crippen LogP contribution in [0.25, 0.3) is 0 Å². The van der Waals surface area contributed by atoms with Crippen LogP contribution in [0.3, 0.4) is 0 Å². The topological polar surface area (TPSA) is 0 Å². The van der Waals surface area contributed by atoms with Crippen molar-refractivity contribution in [2.24, 2.45) is 0 Å². The Morgan fingerprint density at radius 1 is 0.778 bits per heavy atom. The normalized spacial score (nSPS) is 18.4. The van der Waals surface area contributed by atoms with Crippen molar-refractivity contribution in [3.8, 4) is 0 Å². The van der Waals surface area contributed by atoms with E-state index in [-0.39, 0.29) is 7.92 Å². The minimum absolute atomic E-state index is 0.239. The second kappa shape index (κ2) is 5.50. The maximum absolute atomic E-state index is 2.42. The maximum Gasteiger partial charge on any atom is 0.00536 e. The van der Waals surface area contributed by atoms with Crippen LogP contribution in [0.1, 0.15) is 12.8 Å². The van der Waals surface area contributed by atoms with E-state index in [0.29, 0.717) is 5.66 Å². The molecule has 1 aliphatic carbocycles. The molecule has 3 rings (SSSR count). The van der Waals surface area contributed by atoms with Gasteiger partial charge in [0.15, 0.2) is 0 Å². The van der Waals surface area contributed by atoms with Gasteiger partial charge in [0.1, 0.15) is 0 Å². The highest BCUT2D eigenvalue weighted by molar-refractivity contribution is 7.73. The standard InChI is InChI=1S/C17H17P/c1-3-9-15(10-4-1)18(17-13-7-8-14-17)16-11-5-2-6-12-16/h1-7,9-13,17H,8,14H2. The minimum Gasteiger partial charge on any atom is -0.0878 e. The molecular formula is C17H17P. The Kier molecular flexibility index (Phi) is 3.57. The lowest BCUT2D eigenvalue weighted by atomic mass is 10.3. The molecule has 0 radical (unpaired) electrons. The molecule has 0 aromatic heterocycles. The van der Waals surface area contributed by atoms with Crippen molar-refractivity contribution >= 4 is 18.5 Å². The smallest absolute Gasteiger partial charge is 0.00536 e. The lowest BCUT2D eigenvalue weighted by Crippen LogP contribution is -2.19. The Balaban J connectivity index is 2.01. The summed E-state index contributed by atoms with van der Waals surface area (Å²) in [5, 5.41) is 2.99. The zero-order chi connectivity index (χ0) is 12.2. The van der Waals surface area contributed by atoms with E-state index in [1.54, 1.807) is 0 Å². The lowest BCUT2D eigenvalue weighted by molar-refractivity contribution is 0.938. The summed E-state index contributed by atoms with van der Waals surface area (Å²) in [6.07, 6.45) is 7.30. The molecule has 1 atom stereocenters. The Labute approximate surface area is 110 Å². The van der Waals surface area contributed by atoms with Crippen LogP contribution in [-0.2, 0) is 0 Å². The Morgan fingerprint density at radius 2 is 1.33 bits per heavy atom. The highest BCUT2D eigenvalue weighted by atomic mass is 31.1. The molecule has 0 bridgehead atoms. The predicted molar refractivity (Wildman–Crippen MR) is 81.2 cm³/mol. The summed E-state index contributed by atoms with van der Waals surface area (Å²) in [5.41, 5.74) is 0.713. The molecule has 2 aromatic rings. The van der Waals surface area contributed by atoms with E-state index in [1.807, 2.05) is 0 Å². The van der Waals surface area contributed by atoms with Gasteiger partial charge in [-0.3, -0.25) is 0 Å². The molecule has 90 valence electrons. The molecule has 0 nitrogen and oxygen atoms in total. The van der Waals surface area contributed by atoms with E-state index in [1.165, 1.54) is 23.5 Å². The van der Waals surface area contributed by atoms with Crippen LogP contribution >= 0.6 is 7.92 Å². The van der Waals surface area contributed by atoms with E-state index in [2.05, 4.69) is 72.8 Å². The summed E-state index contributed by atoms with van der Waals surface area (Å²) in [6.45, 7) is 0. The summed E-state index contributed by atoms with van der Waals surface area (Å²) >= 11 is 0. The first-order valence-corrected chi connectivity index (χ1v) is 7.92. The van der Waals surface area contributed by atoms with Gasteiger partial charge in [0.05, 0.1) is 0 Å². The number of rotatable bonds is 3. The molecular weight excluding hydrogens is 235 g/mol. The predicted octanol–water partition coefficient (Wildman–Crippen LogP) is 3.84. The van der Waals surface area contributed by atoms with Crippen LogP contribution in [0.2, 0.25) is 0 Å². The van der Waals surface area contributed by atoms with Crippen molar-refractivity contribution in [1.82, 2.24) is 0 Å². The quantitative estimate of drug-likeness (QED) is 0.575. The monoisotopic (exact) mass is 252 g/mol. The van der Waals surface area contributed by atoms with Crippen molar-refractivity contribution < 1.29 is 0 Å². The molecule has 0 aliphatic heterocycles. The second-order valence-corrected chi connectivity index (χ2v) is 7.05. The van der Waals surface area contributed by atoms with Gasteiger partial charge < -0.3 is 0 Å². The number of hydrogen-bond donors (Lipinski definition) is 0. The largest absolute Gasteiger partial charge is 0.0878 e. The van der Waals surface area contributed by atoms with Gasteiger partial charge in [-0.15, -0.1) is 0 Å². The summed E-state index contributed by atoms with van der Waals surface area (Å²) in [4.78, 5) is 0.